The number of ether oxygens (including phenoxy) is 1. The molecule has 7 heteroatoms. The maximum Gasteiger partial charge on any atom is 0.345 e. The predicted molar refractivity (Wildman–Crippen MR) is 100 cm³/mol. The monoisotopic (exact) mass is 380 g/mol. The van der Waals surface area contributed by atoms with Crippen molar-refractivity contribution < 1.29 is 24.3 Å². The molecule has 2 aromatic rings. The molecule has 0 aromatic heterocycles. The molecule has 7 nitrogen and oxygen atoms in total. The van der Waals surface area contributed by atoms with Crippen LogP contribution in [0, 0.1) is 0 Å². The molecule has 4 rings (SSSR count). The molecule has 1 N–H and O–H groups in total. The molecule has 2 amide bonds. The van der Waals surface area contributed by atoms with Gasteiger partial charge in [0.25, 0.3) is 0 Å². The minimum atomic E-state index is -1.08. The van der Waals surface area contributed by atoms with E-state index in [1.807, 2.05) is 30.3 Å². The number of nitrogens with zero attached hydrogens (tertiary/aromatic N) is 2. The van der Waals surface area contributed by atoms with Gasteiger partial charge in [0.05, 0.1) is 6.54 Å². The molecule has 0 radical (unpaired) electrons. The van der Waals surface area contributed by atoms with Crippen LogP contribution >= 0.6 is 0 Å². The number of hydroxylamine groups is 2. The smallest absolute Gasteiger partial charge is 0.345 e. The number of urea groups is 1. The van der Waals surface area contributed by atoms with Crippen LogP contribution in [0.5, 0.6) is 5.75 Å². The van der Waals surface area contributed by atoms with E-state index in [1.165, 1.54) is 9.96 Å². The van der Waals surface area contributed by atoms with E-state index in [0.29, 0.717) is 16.9 Å². The fourth-order valence-electron chi connectivity index (χ4n) is 3.75. The molecule has 2 atom stereocenters. The number of hydrogen-bond donors (Lipinski definition) is 1. The Morgan fingerprint density at radius 3 is 2.71 bits per heavy atom. The Balaban J connectivity index is 1.71. The van der Waals surface area contributed by atoms with Crippen molar-refractivity contribution in [3.05, 3.63) is 77.9 Å². The second-order valence-corrected chi connectivity index (χ2v) is 6.64. The summed E-state index contributed by atoms with van der Waals surface area (Å²) in [5.74, 6) is -0.546. The van der Waals surface area contributed by atoms with Crippen LogP contribution in [0.2, 0.25) is 0 Å². The predicted octanol–water partition coefficient (Wildman–Crippen LogP) is 3.30. The topological polar surface area (TPSA) is 79.3 Å². The van der Waals surface area contributed by atoms with Crippen molar-refractivity contribution >= 4 is 12.0 Å². The molecule has 2 aliphatic rings. The van der Waals surface area contributed by atoms with Crippen LogP contribution in [0.15, 0.2) is 61.2 Å². The van der Waals surface area contributed by atoms with Gasteiger partial charge in [0.2, 0.25) is 0 Å². The lowest BCUT2D eigenvalue weighted by Crippen LogP contribution is -2.38. The zero-order chi connectivity index (χ0) is 19.7. The number of rotatable bonds is 7. The van der Waals surface area contributed by atoms with Gasteiger partial charge < -0.3 is 14.7 Å². The van der Waals surface area contributed by atoms with Crippen molar-refractivity contribution in [1.29, 1.82) is 0 Å². The summed E-state index contributed by atoms with van der Waals surface area (Å²) in [6.45, 7) is 4.37. The Kier molecular flexibility index (Phi) is 4.75. The van der Waals surface area contributed by atoms with E-state index < -0.39 is 24.1 Å². The zero-order valence-corrected chi connectivity index (χ0v) is 15.2. The summed E-state index contributed by atoms with van der Waals surface area (Å²) in [7, 11) is 0. The number of aliphatic carboxylic acids is 1. The molecule has 0 aliphatic carbocycles. The number of amides is 2. The summed E-state index contributed by atoms with van der Waals surface area (Å²) < 4.78 is 5.76. The summed E-state index contributed by atoms with van der Waals surface area (Å²) in [5.41, 5.74) is 2.13. The van der Waals surface area contributed by atoms with Gasteiger partial charge in [-0.2, -0.15) is 5.06 Å². The van der Waals surface area contributed by atoms with Crippen LogP contribution in [0.1, 0.15) is 28.8 Å². The van der Waals surface area contributed by atoms with Crippen LogP contribution in [0.3, 0.4) is 0 Å². The summed E-state index contributed by atoms with van der Waals surface area (Å²) in [4.78, 5) is 32.0. The molecular formula is C21H20N2O5. The third kappa shape index (κ3) is 2.99. The highest BCUT2D eigenvalue weighted by molar-refractivity contribution is 5.87. The molecule has 2 aliphatic heterocycles. The fraction of sp³-hybridized carbons (Fsp3) is 0.238. The van der Waals surface area contributed by atoms with E-state index in [2.05, 4.69) is 6.58 Å². The summed E-state index contributed by atoms with van der Waals surface area (Å²) in [6.07, 6.45) is 1.62. The van der Waals surface area contributed by atoms with Crippen LogP contribution < -0.4 is 4.74 Å². The Bertz CT molecular complexity index is 914. The number of hydrogen-bond acceptors (Lipinski definition) is 4. The Hall–Kier alpha value is -3.32. The van der Waals surface area contributed by atoms with E-state index in [0.717, 1.165) is 5.56 Å². The second kappa shape index (κ2) is 7.36. The van der Waals surface area contributed by atoms with Crippen molar-refractivity contribution in [3.63, 3.8) is 0 Å². The summed E-state index contributed by atoms with van der Waals surface area (Å²) in [6, 6.07) is 12.8. The largest absolute Gasteiger partial charge is 0.489 e. The molecule has 2 heterocycles. The third-order valence-electron chi connectivity index (χ3n) is 4.93. The highest BCUT2D eigenvalue weighted by atomic mass is 16.7. The maximum atomic E-state index is 12.9. The zero-order valence-electron chi connectivity index (χ0n) is 15.2. The number of carbonyl (C=O) groups is 2. The first-order valence-corrected chi connectivity index (χ1v) is 8.97. The molecule has 2 aromatic carbocycles. The van der Waals surface area contributed by atoms with Gasteiger partial charge in [-0.25, -0.2) is 9.59 Å². The first-order chi connectivity index (χ1) is 13.6. The van der Waals surface area contributed by atoms with E-state index in [4.69, 9.17) is 9.57 Å². The summed E-state index contributed by atoms with van der Waals surface area (Å²) >= 11 is 0. The second-order valence-electron chi connectivity index (χ2n) is 6.64. The van der Waals surface area contributed by atoms with Gasteiger partial charge in [-0.15, -0.1) is 0 Å². The minimum absolute atomic E-state index is 0.208. The molecular weight excluding hydrogens is 360 g/mol. The van der Waals surface area contributed by atoms with Crippen LogP contribution in [-0.2, 0) is 16.2 Å². The first-order valence-electron chi connectivity index (χ1n) is 8.97. The normalized spacial score (nSPS) is 20.1. The molecule has 2 bridgehead atoms. The average molecular weight is 380 g/mol. The van der Waals surface area contributed by atoms with Gasteiger partial charge >= 0.3 is 12.0 Å². The highest BCUT2D eigenvalue weighted by Crippen LogP contribution is 2.47. The molecule has 0 unspecified atom stereocenters. The quantitative estimate of drug-likeness (QED) is 0.746. The van der Waals surface area contributed by atoms with Gasteiger partial charge in [0, 0.05) is 5.56 Å². The molecule has 1 saturated heterocycles. The average Bonchev–Trinajstić information content (AvgIpc) is 2.97. The maximum absolute atomic E-state index is 12.9. The van der Waals surface area contributed by atoms with Crippen LogP contribution in [-0.4, -0.2) is 40.2 Å². The van der Waals surface area contributed by atoms with Crippen molar-refractivity contribution in [2.45, 2.75) is 18.7 Å². The van der Waals surface area contributed by atoms with Gasteiger partial charge in [-0.1, -0.05) is 55.1 Å². The SMILES string of the molecule is C=CCOc1cccc2c1[C@H]1CN(C(=O)N1OCc1ccccc1)[C@H]2C(=O)O. The van der Waals surface area contributed by atoms with Crippen LogP contribution in [0.4, 0.5) is 4.79 Å². The van der Waals surface area contributed by atoms with Crippen molar-refractivity contribution in [2.75, 3.05) is 13.2 Å². The standard InChI is InChI=1S/C21H20N2O5/c1-2-11-27-17-10-6-9-15-18(17)16-12-22(19(15)20(24)25)21(26)23(16)28-13-14-7-4-3-5-8-14/h2-10,16,19H,1,11-13H2,(H,24,25)/t16-,19-/m1/s1. The van der Waals surface area contributed by atoms with Crippen molar-refractivity contribution in [1.82, 2.24) is 9.96 Å². The molecule has 1 fully saturated rings. The first kappa shape index (κ1) is 18.1. The Morgan fingerprint density at radius 2 is 2.00 bits per heavy atom. The van der Waals surface area contributed by atoms with Crippen LogP contribution in [0.25, 0.3) is 0 Å². The number of benzene rings is 2. The molecule has 28 heavy (non-hydrogen) atoms. The molecule has 144 valence electrons. The minimum Gasteiger partial charge on any atom is -0.489 e. The van der Waals surface area contributed by atoms with E-state index in [-0.39, 0.29) is 19.8 Å². The van der Waals surface area contributed by atoms with E-state index in [9.17, 15) is 14.7 Å². The van der Waals surface area contributed by atoms with Crippen molar-refractivity contribution in [2.24, 2.45) is 0 Å². The number of fused-ring (bicyclic) bond motifs is 4. The third-order valence-corrected chi connectivity index (χ3v) is 4.93. The number of carboxylic acid groups (broad SMARTS) is 1. The lowest BCUT2D eigenvalue weighted by atomic mass is 9.90. The lowest BCUT2D eigenvalue weighted by molar-refractivity contribution is -0.143. The van der Waals surface area contributed by atoms with Gasteiger partial charge in [0.1, 0.15) is 25.0 Å². The van der Waals surface area contributed by atoms with Gasteiger partial charge in [0.15, 0.2) is 6.04 Å². The molecule has 0 saturated carbocycles. The lowest BCUT2D eigenvalue weighted by Gasteiger charge is -2.31. The molecule has 0 spiro atoms. The summed E-state index contributed by atoms with van der Waals surface area (Å²) in [5, 5.41) is 11.0. The Labute approximate surface area is 162 Å². The highest BCUT2D eigenvalue weighted by Gasteiger charge is 2.52. The number of carbonyl (C=O) groups excluding carboxylic acids is 1. The van der Waals surface area contributed by atoms with Gasteiger partial charge in [-0.05, 0) is 17.2 Å². The Morgan fingerprint density at radius 1 is 1.21 bits per heavy atom. The van der Waals surface area contributed by atoms with Crippen molar-refractivity contribution in [3.8, 4) is 5.75 Å². The fourth-order valence-corrected chi connectivity index (χ4v) is 3.75. The number of carboxylic acids is 1. The van der Waals surface area contributed by atoms with E-state index >= 15 is 0 Å². The van der Waals surface area contributed by atoms with Gasteiger partial charge in [-0.3, -0.25) is 4.84 Å². The van der Waals surface area contributed by atoms with E-state index in [1.54, 1.807) is 24.3 Å².